The van der Waals surface area contributed by atoms with Crippen molar-refractivity contribution in [1.29, 1.82) is 0 Å². The maximum atomic E-state index is 5.04. The van der Waals surface area contributed by atoms with Crippen molar-refractivity contribution in [3.63, 3.8) is 0 Å². The average molecular weight is 702 g/mol. The number of hydrogen-bond donors (Lipinski definition) is 0. The molecule has 0 amide bonds. The van der Waals surface area contributed by atoms with Crippen LogP contribution in [0.4, 0.5) is 0 Å². The number of benzene rings is 8. The molecule has 1 aliphatic carbocycles. The molecule has 0 unspecified atom stereocenters. The summed E-state index contributed by atoms with van der Waals surface area (Å²) in [6.45, 7) is 0. The lowest BCUT2D eigenvalue weighted by atomic mass is 9.94. The summed E-state index contributed by atoms with van der Waals surface area (Å²) < 4.78 is 0. The molecule has 0 saturated carbocycles. The lowest BCUT2D eigenvalue weighted by molar-refractivity contribution is 1.07. The van der Waals surface area contributed by atoms with Crippen LogP contribution in [0, 0.1) is 0 Å². The highest BCUT2D eigenvalue weighted by Gasteiger charge is 2.24. The van der Waals surface area contributed by atoms with Gasteiger partial charge in [-0.3, -0.25) is 0 Å². The van der Waals surface area contributed by atoms with E-state index in [1.807, 2.05) is 36.4 Å². The molecule has 0 aliphatic heterocycles. The minimum absolute atomic E-state index is 0.642. The third-order valence-electron chi connectivity index (χ3n) is 10.6. The molecule has 0 bridgehead atoms. The van der Waals surface area contributed by atoms with Crippen LogP contribution in [0.1, 0.15) is 11.1 Å². The van der Waals surface area contributed by atoms with Crippen LogP contribution in [-0.4, -0.2) is 15.0 Å². The first kappa shape index (κ1) is 32.4. The molecule has 3 nitrogen and oxygen atoms in total. The number of rotatable bonds is 7. The number of nitrogens with zero attached hydrogens (tertiary/aromatic N) is 3. The minimum atomic E-state index is 0.642. The van der Waals surface area contributed by atoms with Crippen molar-refractivity contribution in [3.05, 3.63) is 211 Å². The Kier molecular flexibility index (Phi) is 8.23. The molecule has 0 N–H and O–H groups in total. The highest BCUT2D eigenvalue weighted by atomic mass is 15.0. The minimum Gasteiger partial charge on any atom is -0.208 e. The highest BCUT2D eigenvalue weighted by molar-refractivity contribution is 5.90. The second-order valence-corrected chi connectivity index (χ2v) is 14.0. The average Bonchev–Trinajstić information content (AvgIpc) is 3.67. The molecule has 0 radical (unpaired) electrons. The van der Waals surface area contributed by atoms with Gasteiger partial charge in [-0.15, -0.1) is 0 Å². The Morgan fingerprint density at radius 2 is 0.564 bits per heavy atom. The van der Waals surface area contributed by atoms with E-state index in [-0.39, 0.29) is 0 Å². The first-order valence-corrected chi connectivity index (χ1v) is 18.7. The van der Waals surface area contributed by atoms with Crippen LogP contribution < -0.4 is 0 Å². The van der Waals surface area contributed by atoms with Crippen LogP contribution in [-0.2, 0) is 6.42 Å². The van der Waals surface area contributed by atoms with Crippen molar-refractivity contribution in [2.24, 2.45) is 0 Å². The third kappa shape index (κ3) is 6.22. The van der Waals surface area contributed by atoms with Gasteiger partial charge in [-0.05, 0) is 79.2 Å². The lowest BCUT2D eigenvalue weighted by Gasteiger charge is -2.11. The monoisotopic (exact) mass is 701 g/mol. The first-order chi connectivity index (χ1) is 27.2. The molecule has 3 heteroatoms. The second-order valence-electron chi connectivity index (χ2n) is 14.0. The van der Waals surface area contributed by atoms with Crippen LogP contribution >= 0.6 is 0 Å². The Hall–Kier alpha value is -7.23. The van der Waals surface area contributed by atoms with E-state index in [2.05, 4.69) is 164 Å². The van der Waals surface area contributed by atoms with Gasteiger partial charge in [-0.25, -0.2) is 15.0 Å². The van der Waals surface area contributed by atoms with Gasteiger partial charge in [0.05, 0.1) is 0 Å². The fraction of sp³-hybridized carbons (Fsp3) is 0.0192. The molecule has 0 spiro atoms. The van der Waals surface area contributed by atoms with Crippen molar-refractivity contribution >= 4 is 0 Å². The quantitative estimate of drug-likeness (QED) is 0.166. The molecule has 9 aromatic rings. The molecule has 1 aliphatic rings. The zero-order valence-electron chi connectivity index (χ0n) is 30.1. The third-order valence-corrected chi connectivity index (χ3v) is 10.6. The Labute approximate surface area is 321 Å². The zero-order valence-corrected chi connectivity index (χ0v) is 30.1. The SMILES string of the molecule is c1ccc(-c2ccc(-c3nc(-c4ccccc4)nc(-c4cccc(-c5ccc(-c6cccc7c6Cc6c(-c8ccccc8)cccc6-7)cc5)c4)n3)cc2)cc1. The van der Waals surface area contributed by atoms with E-state index in [0.717, 1.165) is 39.8 Å². The molecule has 1 aromatic heterocycles. The van der Waals surface area contributed by atoms with Gasteiger partial charge < -0.3 is 0 Å². The maximum Gasteiger partial charge on any atom is 0.164 e. The van der Waals surface area contributed by atoms with Gasteiger partial charge in [0, 0.05) is 16.7 Å². The standard InChI is InChI=1S/C52H35N3/c1-4-13-35(14-5-1)36-27-31-41(32-28-36)51-53-50(40-17-8-3-9-18-40)54-52(55-51)43-20-10-19-42(33-43)37-25-29-39(30-26-37)45-22-12-24-47-46-23-11-21-44(48(46)34-49(45)47)38-15-6-2-7-16-38/h1-33H,34H2. The summed E-state index contributed by atoms with van der Waals surface area (Å²) in [6.07, 6.45) is 0.922. The van der Waals surface area contributed by atoms with E-state index in [1.165, 1.54) is 50.1 Å². The molecular formula is C52H35N3. The summed E-state index contributed by atoms with van der Waals surface area (Å²) in [4.78, 5) is 15.0. The zero-order chi connectivity index (χ0) is 36.6. The Bertz CT molecular complexity index is 2790. The largest absolute Gasteiger partial charge is 0.208 e. The van der Waals surface area contributed by atoms with Gasteiger partial charge in [0.25, 0.3) is 0 Å². The molecule has 0 atom stereocenters. The Morgan fingerprint density at radius 1 is 0.236 bits per heavy atom. The number of fused-ring (bicyclic) bond motifs is 3. The predicted octanol–water partition coefficient (Wildman–Crippen LogP) is 13.1. The summed E-state index contributed by atoms with van der Waals surface area (Å²) in [5.74, 6) is 1.94. The molecule has 258 valence electrons. The fourth-order valence-corrected chi connectivity index (χ4v) is 7.87. The fourth-order valence-electron chi connectivity index (χ4n) is 7.87. The summed E-state index contributed by atoms with van der Waals surface area (Å²) in [5, 5.41) is 0. The molecule has 0 fully saturated rings. The summed E-state index contributed by atoms with van der Waals surface area (Å²) in [7, 11) is 0. The smallest absolute Gasteiger partial charge is 0.164 e. The molecule has 1 heterocycles. The van der Waals surface area contributed by atoms with Crippen LogP contribution in [0.2, 0.25) is 0 Å². The van der Waals surface area contributed by atoms with Crippen molar-refractivity contribution in [2.45, 2.75) is 6.42 Å². The normalized spacial score (nSPS) is 11.6. The van der Waals surface area contributed by atoms with Crippen molar-refractivity contribution < 1.29 is 0 Å². The van der Waals surface area contributed by atoms with Crippen LogP contribution in [0.15, 0.2) is 200 Å². The van der Waals surface area contributed by atoms with Crippen molar-refractivity contribution in [3.8, 4) is 89.8 Å². The number of hydrogen-bond acceptors (Lipinski definition) is 3. The summed E-state index contributed by atoms with van der Waals surface area (Å²) >= 11 is 0. The van der Waals surface area contributed by atoms with Gasteiger partial charge in [-0.1, -0.05) is 194 Å². The van der Waals surface area contributed by atoms with Crippen molar-refractivity contribution in [1.82, 2.24) is 15.0 Å². The van der Waals surface area contributed by atoms with E-state index in [4.69, 9.17) is 15.0 Å². The number of aromatic nitrogens is 3. The van der Waals surface area contributed by atoms with Gasteiger partial charge in [0.2, 0.25) is 0 Å². The van der Waals surface area contributed by atoms with Crippen LogP contribution in [0.5, 0.6) is 0 Å². The lowest BCUT2D eigenvalue weighted by Crippen LogP contribution is -2.00. The van der Waals surface area contributed by atoms with Gasteiger partial charge in [0.15, 0.2) is 17.5 Å². The van der Waals surface area contributed by atoms with E-state index in [1.54, 1.807) is 0 Å². The van der Waals surface area contributed by atoms with Crippen molar-refractivity contribution in [2.75, 3.05) is 0 Å². The summed E-state index contributed by atoms with van der Waals surface area (Å²) in [5.41, 5.74) is 18.0. The topological polar surface area (TPSA) is 38.7 Å². The highest BCUT2D eigenvalue weighted by Crippen LogP contribution is 2.45. The molecule has 0 saturated heterocycles. The van der Waals surface area contributed by atoms with E-state index < -0.39 is 0 Å². The Balaban J connectivity index is 0.974. The van der Waals surface area contributed by atoms with Gasteiger partial charge in [0.1, 0.15) is 0 Å². The molecular weight excluding hydrogens is 667 g/mol. The molecule has 55 heavy (non-hydrogen) atoms. The van der Waals surface area contributed by atoms with E-state index in [9.17, 15) is 0 Å². The Morgan fingerprint density at radius 3 is 1.13 bits per heavy atom. The maximum absolute atomic E-state index is 5.04. The second kappa shape index (κ2) is 14.0. The molecule has 8 aromatic carbocycles. The predicted molar refractivity (Wildman–Crippen MR) is 226 cm³/mol. The molecule has 10 rings (SSSR count). The summed E-state index contributed by atoms with van der Waals surface area (Å²) in [6, 6.07) is 70.7. The van der Waals surface area contributed by atoms with E-state index >= 15 is 0 Å². The first-order valence-electron chi connectivity index (χ1n) is 18.7. The van der Waals surface area contributed by atoms with E-state index in [0.29, 0.717) is 17.5 Å². The van der Waals surface area contributed by atoms with Crippen LogP contribution in [0.25, 0.3) is 89.8 Å². The van der Waals surface area contributed by atoms with Gasteiger partial charge in [-0.2, -0.15) is 0 Å². The van der Waals surface area contributed by atoms with Crippen LogP contribution in [0.3, 0.4) is 0 Å². The van der Waals surface area contributed by atoms with Gasteiger partial charge >= 0.3 is 0 Å².